The number of aromatic amines is 2. The van der Waals surface area contributed by atoms with Gasteiger partial charge in [-0.25, -0.2) is 14.8 Å². The zero-order valence-electron chi connectivity index (χ0n) is 31.0. The van der Waals surface area contributed by atoms with E-state index in [4.69, 9.17) is 9.72 Å². The average molecular weight is 749 g/mol. The van der Waals surface area contributed by atoms with Crippen LogP contribution in [0.4, 0.5) is 4.79 Å². The van der Waals surface area contributed by atoms with Crippen molar-refractivity contribution >= 4 is 17.9 Å². The molecule has 2 aliphatic heterocycles. The summed E-state index contributed by atoms with van der Waals surface area (Å²) >= 11 is 0. The van der Waals surface area contributed by atoms with Crippen molar-refractivity contribution in [2.75, 3.05) is 20.2 Å². The van der Waals surface area contributed by atoms with E-state index < -0.39 is 18.1 Å². The molecule has 3 N–H and O–H groups in total. The van der Waals surface area contributed by atoms with Crippen LogP contribution in [0, 0.1) is 6.92 Å². The molecule has 8 rings (SSSR count). The molecule has 6 aromatic rings. The third-order valence-corrected chi connectivity index (χ3v) is 10.6. The van der Waals surface area contributed by atoms with E-state index in [-0.39, 0.29) is 23.9 Å². The fourth-order valence-corrected chi connectivity index (χ4v) is 7.66. The smallest absolute Gasteiger partial charge is 0.407 e. The van der Waals surface area contributed by atoms with Crippen molar-refractivity contribution in [1.82, 2.24) is 45.0 Å². The minimum Gasteiger partial charge on any atom is -0.453 e. The lowest BCUT2D eigenvalue weighted by Crippen LogP contribution is -2.42. The highest BCUT2D eigenvalue weighted by atomic mass is 16.5. The third-order valence-electron chi connectivity index (χ3n) is 10.6. The summed E-state index contributed by atoms with van der Waals surface area (Å²) in [6, 6.07) is 25.5. The lowest BCUT2D eigenvalue weighted by Gasteiger charge is -2.28. The Morgan fingerprint density at radius 2 is 1.21 bits per heavy atom. The molecule has 1 radical (unpaired) electrons. The number of carbonyl (C=O) groups is 3. The van der Waals surface area contributed by atoms with E-state index in [1.54, 1.807) is 29.7 Å². The van der Waals surface area contributed by atoms with Gasteiger partial charge in [0.1, 0.15) is 23.4 Å². The van der Waals surface area contributed by atoms with E-state index in [9.17, 15) is 14.4 Å². The summed E-state index contributed by atoms with van der Waals surface area (Å²) in [4.78, 5) is 68.7. The largest absolute Gasteiger partial charge is 0.453 e. The molecule has 0 aliphatic carbocycles. The van der Waals surface area contributed by atoms with E-state index in [1.807, 2.05) is 89.8 Å². The van der Waals surface area contributed by atoms with Gasteiger partial charge in [0.05, 0.1) is 67.0 Å². The lowest BCUT2D eigenvalue weighted by atomic mass is 9.99. The maximum absolute atomic E-state index is 13.9. The molecule has 0 bridgehead atoms. The van der Waals surface area contributed by atoms with E-state index in [0.717, 1.165) is 59.6 Å². The number of aromatic nitrogens is 6. The summed E-state index contributed by atoms with van der Waals surface area (Å²) in [7, 11) is 1.28. The van der Waals surface area contributed by atoms with Gasteiger partial charge < -0.3 is 29.8 Å². The number of nitrogens with zero attached hydrogens (tertiary/aromatic N) is 6. The predicted molar refractivity (Wildman–Crippen MR) is 209 cm³/mol. The topological polar surface area (TPSA) is 162 Å². The maximum Gasteiger partial charge on any atom is 0.407 e. The summed E-state index contributed by atoms with van der Waals surface area (Å²) in [6.07, 6.45) is 9.59. The van der Waals surface area contributed by atoms with Crippen molar-refractivity contribution in [3.8, 4) is 33.9 Å². The van der Waals surface area contributed by atoms with Crippen LogP contribution in [0.1, 0.15) is 72.5 Å². The van der Waals surface area contributed by atoms with Crippen molar-refractivity contribution in [3.05, 3.63) is 139 Å². The van der Waals surface area contributed by atoms with Crippen molar-refractivity contribution in [2.24, 2.45) is 0 Å². The highest BCUT2D eigenvalue weighted by Gasteiger charge is 2.37. The molecule has 0 unspecified atom stereocenters. The fraction of sp³-hybridized carbons (Fsp3) is 0.256. The number of hydrogen-bond donors (Lipinski definition) is 3. The number of methoxy groups -OCH3 is 1. The predicted octanol–water partition coefficient (Wildman–Crippen LogP) is 6.97. The monoisotopic (exact) mass is 748 g/mol. The van der Waals surface area contributed by atoms with E-state index >= 15 is 0 Å². The molecule has 2 saturated heterocycles. The Labute approximate surface area is 324 Å². The van der Waals surface area contributed by atoms with Crippen molar-refractivity contribution < 1.29 is 19.1 Å². The Kier molecular flexibility index (Phi) is 10.4. The van der Waals surface area contributed by atoms with E-state index in [0.29, 0.717) is 35.9 Å². The first-order valence-corrected chi connectivity index (χ1v) is 18.8. The molecule has 13 heteroatoms. The van der Waals surface area contributed by atoms with Gasteiger partial charge in [-0.3, -0.25) is 19.6 Å². The summed E-state index contributed by atoms with van der Waals surface area (Å²) in [6.45, 7) is 5.38. The van der Waals surface area contributed by atoms with Crippen molar-refractivity contribution in [2.45, 2.75) is 49.7 Å². The summed E-state index contributed by atoms with van der Waals surface area (Å²) in [5.74, 6) is 0.720. The molecule has 2 aliphatic rings. The Hall–Kier alpha value is -6.63. The fourth-order valence-electron chi connectivity index (χ4n) is 7.66. The van der Waals surface area contributed by atoms with Gasteiger partial charge in [-0.15, -0.1) is 0 Å². The standard InChI is InChI=1S/C43H42N9O4/c1-27(28-11-5-3-6-12-28)41(53)51-21-9-15-36(51)40-47-26-35(49-40)34-25-44-32(23-45-34)29-17-19-30(20-18-29)33-24-46-39(48-33)37-16-10-22-52(37)42(54)38(50-43(55)56-2)31-13-7-4-8-14-31/h3-8,11-14,17-20,23-27,36-38H,1,9-10,15-16,21-22H2,2H3,(H,46,48)(H,47,49)(H,50,55)/t27-,36+,37+,38-/m1/s1. The Morgan fingerprint density at radius 1 is 0.679 bits per heavy atom. The van der Waals surface area contributed by atoms with Crippen LogP contribution in [0.25, 0.3) is 33.9 Å². The van der Waals surface area contributed by atoms with Crippen LogP contribution in [0.2, 0.25) is 0 Å². The van der Waals surface area contributed by atoms with Gasteiger partial charge in [0.2, 0.25) is 5.91 Å². The first kappa shape index (κ1) is 36.4. The Balaban J connectivity index is 0.925. The highest BCUT2D eigenvalue weighted by molar-refractivity contribution is 5.87. The van der Waals surface area contributed by atoms with Crippen LogP contribution in [0.3, 0.4) is 0 Å². The molecule has 3 aromatic heterocycles. The number of imidazole rings is 2. The SMILES string of the molecule is [CH2][C@@H](C(=O)N1CCC[C@H]1c1ncc(-c2cnc(-c3ccc(-c4cnc([C@@H]5CCCN5C(=O)[C@H](NC(=O)OC)c5ccccc5)[nH]4)cc3)cn2)[nH]1)c1ccccc1. The molecule has 0 saturated carbocycles. The van der Waals surface area contributed by atoms with Gasteiger partial charge >= 0.3 is 6.09 Å². The van der Waals surface area contributed by atoms with E-state index in [2.05, 4.69) is 37.2 Å². The first-order valence-electron chi connectivity index (χ1n) is 18.8. The maximum atomic E-state index is 13.9. The molecule has 2 fully saturated rings. The number of rotatable bonds is 10. The number of ether oxygens (including phenoxy) is 1. The molecule has 3 amide bonds. The summed E-state index contributed by atoms with van der Waals surface area (Å²) < 4.78 is 4.82. The van der Waals surface area contributed by atoms with Gasteiger partial charge in [-0.2, -0.15) is 0 Å². The number of alkyl carbamates (subject to hydrolysis) is 1. The number of H-pyrrole nitrogens is 2. The quantitative estimate of drug-likeness (QED) is 0.135. The molecule has 283 valence electrons. The molecule has 56 heavy (non-hydrogen) atoms. The number of amides is 3. The highest BCUT2D eigenvalue weighted by Crippen LogP contribution is 2.36. The van der Waals surface area contributed by atoms with Crippen LogP contribution >= 0.6 is 0 Å². The second kappa shape index (κ2) is 16.0. The Morgan fingerprint density at radius 3 is 1.82 bits per heavy atom. The minimum atomic E-state index is -0.882. The summed E-state index contributed by atoms with van der Waals surface area (Å²) in [5.41, 5.74) is 6.33. The minimum absolute atomic E-state index is 0.00389. The molecular formula is C43H42N9O4. The van der Waals surface area contributed by atoms with Crippen molar-refractivity contribution in [1.29, 1.82) is 0 Å². The van der Waals surface area contributed by atoms with Crippen LogP contribution in [-0.2, 0) is 14.3 Å². The van der Waals surface area contributed by atoms with E-state index in [1.165, 1.54) is 7.11 Å². The second-order valence-electron chi connectivity index (χ2n) is 14.1. The number of carbonyl (C=O) groups excluding carboxylic acids is 3. The van der Waals surface area contributed by atoms with Gasteiger partial charge in [0.25, 0.3) is 5.91 Å². The van der Waals surface area contributed by atoms with Crippen LogP contribution in [0.15, 0.2) is 110 Å². The molecule has 5 heterocycles. The van der Waals surface area contributed by atoms with Crippen molar-refractivity contribution in [3.63, 3.8) is 0 Å². The van der Waals surface area contributed by atoms with Crippen LogP contribution in [0.5, 0.6) is 0 Å². The second-order valence-corrected chi connectivity index (χ2v) is 14.1. The van der Waals surface area contributed by atoms with Gasteiger partial charge in [0, 0.05) is 18.7 Å². The molecular weight excluding hydrogens is 707 g/mol. The normalized spacial score (nSPS) is 17.8. The summed E-state index contributed by atoms with van der Waals surface area (Å²) in [5, 5.41) is 2.71. The number of nitrogens with one attached hydrogen (secondary N) is 3. The lowest BCUT2D eigenvalue weighted by molar-refractivity contribution is -0.134. The van der Waals surface area contributed by atoms with Gasteiger partial charge in [-0.1, -0.05) is 84.9 Å². The van der Waals surface area contributed by atoms with Crippen LogP contribution in [-0.4, -0.2) is 77.8 Å². The molecule has 3 aromatic carbocycles. The third kappa shape index (κ3) is 7.39. The molecule has 4 atom stereocenters. The van der Waals surface area contributed by atoms with Crippen LogP contribution < -0.4 is 5.32 Å². The Bertz CT molecular complexity index is 2290. The average Bonchev–Trinajstić information content (AvgIpc) is 4.10. The first-order chi connectivity index (χ1) is 27.4. The van der Waals surface area contributed by atoms with Gasteiger partial charge in [0.15, 0.2) is 0 Å². The van der Waals surface area contributed by atoms with Gasteiger partial charge in [-0.05, 0) is 49.3 Å². The number of likely N-dealkylation sites (tertiary alicyclic amines) is 2. The zero-order valence-corrected chi connectivity index (χ0v) is 31.0. The number of hydrogen-bond acceptors (Lipinski definition) is 8. The molecule has 13 nitrogen and oxygen atoms in total. The molecule has 0 spiro atoms. The number of benzene rings is 3. The zero-order chi connectivity index (χ0) is 38.6.